The zero-order chi connectivity index (χ0) is 21.1. The normalized spacial score (nSPS) is 21.2. The summed E-state index contributed by atoms with van der Waals surface area (Å²) in [6.07, 6.45) is 7.38. The maximum atomic E-state index is 12.9. The summed E-state index contributed by atoms with van der Waals surface area (Å²) in [5, 5.41) is 0. The van der Waals surface area contributed by atoms with Gasteiger partial charge in [-0.05, 0) is 54.2 Å². The summed E-state index contributed by atoms with van der Waals surface area (Å²) in [6, 6.07) is 19.4. The molecule has 2 bridgehead atoms. The van der Waals surface area contributed by atoms with Gasteiger partial charge in [0.1, 0.15) is 6.61 Å². The van der Waals surface area contributed by atoms with Gasteiger partial charge in [0.05, 0.1) is 6.04 Å². The Morgan fingerprint density at radius 2 is 1.73 bits per heavy atom. The van der Waals surface area contributed by atoms with Crippen molar-refractivity contribution in [2.24, 2.45) is 0 Å². The minimum absolute atomic E-state index is 0.168. The third kappa shape index (κ3) is 4.77. The first-order valence-electron chi connectivity index (χ1n) is 11.2. The summed E-state index contributed by atoms with van der Waals surface area (Å²) in [5.41, 5.74) is 5.39. The number of hydrogen-bond donors (Lipinski definition) is 0. The number of nitrogens with zero attached hydrogens (tertiary/aromatic N) is 1. The van der Waals surface area contributed by atoms with Gasteiger partial charge in [0.15, 0.2) is 0 Å². The van der Waals surface area contributed by atoms with E-state index in [-0.39, 0.29) is 23.6 Å². The Labute approximate surface area is 180 Å². The fourth-order valence-electron chi connectivity index (χ4n) is 4.71. The molecule has 2 unspecified atom stereocenters. The van der Waals surface area contributed by atoms with Gasteiger partial charge in [-0.2, -0.15) is 0 Å². The van der Waals surface area contributed by atoms with Crippen LogP contribution in [0.4, 0.5) is 4.79 Å². The highest BCUT2D eigenvalue weighted by Crippen LogP contribution is 2.35. The number of rotatable bonds is 4. The van der Waals surface area contributed by atoms with Crippen molar-refractivity contribution in [3.8, 4) is 0 Å². The Kier molecular flexibility index (Phi) is 5.99. The summed E-state index contributed by atoms with van der Waals surface area (Å²) in [7, 11) is 0. The van der Waals surface area contributed by atoms with Gasteiger partial charge in [-0.25, -0.2) is 4.79 Å². The lowest BCUT2D eigenvalue weighted by atomic mass is 9.82. The van der Waals surface area contributed by atoms with Crippen molar-refractivity contribution < 1.29 is 9.53 Å². The zero-order valence-corrected chi connectivity index (χ0v) is 18.4. The molecule has 0 radical (unpaired) electrons. The molecule has 2 aromatic carbocycles. The fourth-order valence-corrected chi connectivity index (χ4v) is 4.71. The van der Waals surface area contributed by atoms with Crippen LogP contribution in [0.5, 0.6) is 0 Å². The monoisotopic (exact) mass is 403 g/mol. The molecule has 2 aromatic rings. The maximum absolute atomic E-state index is 12.9. The Morgan fingerprint density at radius 1 is 1.00 bits per heavy atom. The Morgan fingerprint density at radius 3 is 2.40 bits per heavy atom. The van der Waals surface area contributed by atoms with Crippen LogP contribution in [0.2, 0.25) is 0 Å². The standard InChI is InChI=1S/C27H33NO2/c1-27(2,3)23-14-12-20(13-15-23)16-22-17-24-10-7-11-25(18-22)28(24)26(29)30-19-21-8-5-4-6-9-21/h4-6,8-9,12-15,17,24-25H,7,10-11,16,18-19H2,1-3H3. The number of carbonyl (C=O) groups is 1. The largest absolute Gasteiger partial charge is 0.445 e. The topological polar surface area (TPSA) is 29.5 Å². The van der Waals surface area contributed by atoms with E-state index in [0.717, 1.165) is 31.2 Å². The summed E-state index contributed by atoms with van der Waals surface area (Å²) < 4.78 is 5.66. The molecule has 0 spiro atoms. The molecule has 1 fully saturated rings. The molecule has 1 amide bonds. The van der Waals surface area contributed by atoms with Crippen LogP contribution >= 0.6 is 0 Å². The second kappa shape index (κ2) is 8.67. The van der Waals surface area contributed by atoms with Gasteiger partial charge in [0.2, 0.25) is 0 Å². The van der Waals surface area contributed by atoms with Crippen LogP contribution in [0, 0.1) is 0 Å². The van der Waals surface area contributed by atoms with Gasteiger partial charge in [0.25, 0.3) is 0 Å². The minimum Gasteiger partial charge on any atom is -0.445 e. The van der Waals surface area contributed by atoms with Gasteiger partial charge < -0.3 is 4.74 Å². The predicted molar refractivity (Wildman–Crippen MR) is 121 cm³/mol. The van der Waals surface area contributed by atoms with Gasteiger partial charge >= 0.3 is 6.09 Å². The fraction of sp³-hybridized carbons (Fsp3) is 0.444. The zero-order valence-electron chi connectivity index (χ0n) is 18.4. The van der Waals surface area contributed by atoms with Crippen LogP contribution in [-0.2, 0) is 23.2 Å². The van der Waals surface area contributed by atoms with E-state index in [1.165, 1.54) is 23.1 Å². The average Bonchev–Trinajstić information content (AvgIpc) is 2.72. The molecule has 0 aromatic heterocycles. The number of piperidine rings is 1. The second-order valence-electron chi connectivity index (χ2n) is 9.75. The lowest BCUT2D eigenvalue weighted by Gasteiger charge is -2.44. The first kappa shape index (κ1) is 20.7. The molecule has 1 saturated heterocycles. The van der Waals surface area contributed by atoms with Crippen molar-refractivity contribution in [2.75, 3.05) is 0 Å². The van der Waals surface area contributed by atoms with Crippen molar-refractivity contribution >= 4 is 6.09 Å². The lowest BCUT2D eigenvalue weighted by molar-refractivity contribution is 0.0481. The summed E-state index contributed by atoms with van der Waals surface area (Å²) in [5.74, 6) is 0. The van der Waals surface area contributed by atoms with E-state index in [2.05, 4.69) is 51.1 Å². The van der Waals surface area contributed by atoms with Crippen molar-refractivity contribution in [3.05, 3.63) is 82.9 Å². The molecule has 158 valence electrons. The van der Waals surface area contributed by atoms with Crippen LogP contribution in [0.1, 0.15) is 63.1 Å². The maximum Gasteiger partial charge on any atom is 0.410 e. The molecule has 2 heterocycles. The van der Waals surface area contributed by atoms with Crippen LogP contribution < -0.4 is 0 Å². The summed E-state index contributed by atoms with van der Waals surface area (Å²) in [6.45, 7) is 7.08. The number of carbonyl (C=O) groups excluding carboxylic acids is 1. The molecule has 2 aliphatic heterocycles. The Bertz CT molecular complexity index is 893. The SMILES string of the molecule is CC(C)(C)c1ccc(CC2=CC3CCCC(C2)N3C(=O)OCc2ccccc2)cc1. The van der Waals surface area contributed by atoms with Crippen LogP contribution in [0.15, 0.2) is 66.2 Å². The van der Waals surface area contributed by atoms with Crippen LogP contribution in [0.25, 0.3) is 0 Å². The highest BCUT2D eigenvalue weighted by molar-refractivity contribution is 5.69. The van der Waals surface area contributed by atoms with Gasteiger partial charge in [-0.1, -0.05) is 87.0 Å². The average molecular weight is 404 g/mol. The third-order valence-electron chi connectivity index (χ3n) is 6.38. The van der Waals surface area contributed by atoms with Gasteiger partial charge in [-0.3, -0.25) is 4.90 Å². The summed E-state index contributed by atoms with van der Waals surface area (Å²) in [4.78, 5) is 14.9. The van der Waals surface area contributed by atoms with Crippen molar-refractivity contribution in [3.63, 3.8) is 0 Å². The number of hydrogen-bond acceptors (Lipinski definition) is 2. The third-order valence-corrected chi connectivity index (χ3v) is 6.38. The molecule has 3 nitrogen and oxygen atoms in total. The lowest BCUT2D eigenvalue weighted by Crippen LogP contribution is -2.52. The number of benzene rings is 2. The molecule has 0 saturated carbocycles. The highest BCUT2D eigenvalue weighted by Gasteiger charge is 2.37. The molecule has 3 heteroatoms. The van der Waals surface area contributed by atoms with Crippen LogP contribution in [-0.4, -0.2) is 23.1 Å². The number of amides is 1. The van der Waals surface area contributed by atoms with E-state index in [4.69, 9.17) is 4.74 Å². The highest BCUT2D eigenvalue weighted by atomic mass is 16.6. The minimum atomic E-state index is -0.168. The van der Waals surface area contributed by atoms with E-state index in [1.807, 2.05) is 35.2 Å². The molecule has 2 aliphatic rings. The molecule has 4 rings (SSSR count). The molecular formula is C27H33NO2. The molecular weight excluding hydrogens is 370 g/mol. The van der Waals surface area contributed by atoms with Crippen molar-refractivity contribution in [1.82, 2.24) is 4.90 Å². The van der Waals surface area contributed by atoms with Crippen molar-refractivity contribution in [1.29, 1.82) is 0 Å². The van der Waals surface area contributed by atoms with E-state index >= 15 is 0 Å². The molecule has 2 atom stereocenters. The first-order chi connectivity index (χ1) is 14.4. The predicted octanol–water partition coefficient (Wildman–Crippen LogP) is 6.42. The number of ether oxygens (including phenoxy) is 1. The quantitative estimate of drug-likeness (QED) is 0.552. The smallest absolute Gasteiger partial charge is 0.410 e. The van der Waals surface area contributed by atoms with Crippen molar-refractivity contribution in [2.45, 2.75) is 77.0 Å². The molecule has 0 N–H and O–H groups in total. The Hall–Kier alpha value is -2.55. The summed E-state index contributed by atoms with van der Waals surface area (Å²) >= 11 is 0. The van der Waals surface area contributed by atoms with E-state index in [9.17, 15) is 4.79 Å². The Balaban J connectivity index is 1.42. The van der Waals surface area contributed by atoms with E-state index in [1.54, 1.807) is 0 Å². The van der Waals surface area contributed by atoms with Gasteiger partial charge in [0, 0.05) is 6.04 Å². The molecule has 30 heavy (non-hydrogen) atoms. The van der Waals surface area contributed by atoms with Crippen LogP contribution in [0.3, 0.4) is 0 Å². The van der Waals surface area contributed by atoms with E-state index < -0.39 is 0 Å². The van der Waals surface area contributed by atoms with Gasteiger partial charge in [-0.15, -0.1) is 0 Å². The molecule has 0 aliphatic carbocycles. The first-order valence-corrected chi connectivity index (χ1v) is 11.2. The van der Waals surface area contributed by atoms with E-state index in [0.29, 0.717) is 6.61 Å². The number of fused-ring (bicyclic) bond motifs is 2. The second-order valence-corrected chi connectivity index (χ2v) is 9.75.